The Bertz CT molecular complexity index is 321. The number of benzene rings is 1. The van der Waals surface area contributed by atoms with E-state index in [9.17, 15) is 0 Å². The molecule has 90 valence electrons. The van der Waals surface area contributed by atoms with Gasteiger partial charge >= 0.3 is 0 Å². The van der Waals surface area contributed by atoms with Gasteiger partial charge in [-0.15, -0.1) is 0 Å². The second kappa shape index (κ2) is 6.26. The zero-order chi connectivity index (χ0) is 12.0. The van der Waals surface area contributed by atoms with E-state index >= 15 is 0 Å². The lowest BCUT2D eigenvalue weighted by Gasteiger charge is -2.34. The smallest absolute Gasteiger partial charge is 0.0493 e. The zero-order valence-corrected chi connectivity index (χ0v) is 11.7. The standard InChI is InChI=1S/C13H21BrN2/c1-3-9-13(4-2,10-15)16-12-8-6-5-7-11(12)14/h5-8,16H,3-4,9-10,15H2,1-2H3. The summed E-state index contributed by atoms with van der Waals surface area (Å²) in [6.07, 6.45) is 3.28. The lowest BCUT2D eigenvalue weighted by atomic mass is 9.90. The van der Waals surface area contributed by atoms with E-state index in [0.717, 1.165) is 29.4 Å². The summed E-state index contributed by atoms with van der Waals surface area (Å²) in [5.41, 5.74) is 7.08. The van der Waals surface area contributed by atoms with Crippen molar-refractivity contribution in [3.8, 4) is 0 Å². The van der Waals surface area contributed by atoms with Gasteiger partial charge in [-0.2, -0.15) is 0 Å². The highest BCUT2D eigenvalue weighted by Gasteiger charge is 2.25. The molecule has 0 fully saturated rings. The molecule has 1 aromatic rings. The molecule has 2 nitrogen and oxygen atoms in total. The molecule has 1 rings (SSSR count). The molecule has 1 unspecified atom stereocenters. The second-order valence-electron chi connectivity index (χ2n) is 4.19. The molecule has 0 amide bonds. The van der Waals surface area contributed by atoms with E-state index in [1.54, 1.807) is 0 Å². The number of nitrogens with one attached hydrogen (secondary N) is 1. The minimum absolute atomic E-state index is 0.0264. The first-order chi connectivity index (χ1) is 7.67. The SMILES string of the molecule is CCCC(CC)(CN)Nc1ccccc1Br. The van der Waals surface area contributed by atoms with E-state index in [0.29, 0.717) is 6.54 Å². The predicted molar refractivity (Wildman–Crippen MR) is 74.7 cm³/mol. The van der Waals surface area contributed by atoms with Gasteiger partial charge in [0.2, 0.25) is 0 Å². The summed E-state index contributed by atoms with van der Waals surface area (Å²) in [6.45, 7) is 5.05. The van der Waals surface area contributed by atoms with Crippen molar-refractivity contribution in [1.29, 1.82) is 0 Å². The summed E-state index contributed by atoms with van der Waals surface area (Å²) in [5, 5.41) is 3.59. The Kier molecular flexibility index (Phi) is 5.29. The maximum atomic E-state index is 5.92. The van der Waals surface area contributed by atoms with Crippen LogP contribution in [0.4, 0.5) is 5.69 Å². The highest BCUT2D eigenvalue weighted by atomic mass is 79.9. The van der Waals surface area contributed by atoms with Gasteiger partial charge in [0.1, 0.15) is 0 Å². The monoisotopic (exact) mass is 284 g/mol. The van der Waals surface area contributed by atoms with E-state index in [1.165, 1.54) is 0 Å². The first kappa shape index (κ1) is 13.5. The van der Waals surface area contributed by atoms with Crippen molar-refractivity contribution in [1.82, 2.24) is 0 Å². The van der Waals surface area contributed by atoms with Gasteiger partial charge in [-0.1, -0.05) is 32.4 Å². The quantitative estimate of drug-likeness (QED) is 0.835. The number of rotatable bonds is 6. The van der Waals surface area contributed by atoms with Crippen LogP contribution >= 0.6 is 15.9 Å². The van der Waals surface area contributed by atoms with Gasteiger partial charge in [0.25, 0.3) is 0 Å². The molecule has 0 aliphatic carbocycles. The molecule has 0 saturated heterocycles. The molecule has 0 saturated carbocycles. The minimum Gasteiger partial charge on any atom is -0.377 e. The zero-order valence-electron chi connectivity index (χ0n) is 10.1. The van der Waals surface area contributed by atoms with Crippen molar-refractivity contribution in [3.63, 3.8) is 0 Å². The Morgan fingerprint density at radius 3 is 2.50 bits per heavy atom. The Labute approximate surface area is 107 Å². The van der Waals surface area contributed by atoms with Crippen LogP contribution in [0, 0.1) is 0 Å². The highest BCUT2D eigenvalue weighted by molar-refractivity contribution is 9.10. The molecule has 3 N–H and O–H groups in total. The third-order valence-electron chi connectivity index (χ3n) is 3.07. The summed E-state index contributed by atoms with van der Waals surface area (Å²) in [7, 11) is 0. The second-order valence-corrected chi connectivity index (χ2v) is 5.05. The van der Waals surface area contributed by atoms with Gasteiger partial charge in [-0.25, -0.2) is 0 Å². The van der Waals surface area contributed by atoms with Crippen molar-refractivity contribution in [2.45, 2.75) is 38.6 Å². The fraction of sp³-hybridized carbons (Fsp3) is 0.538. The van der Waals surface area contributed by atoms with Gasteiger partial charge < -0.3 is 11.1 Å². The predicted octanol–water partition coefficient (Wildman–Crippen LogP) is 3.77. The fourth-order valence-electron chi connectivity index (χ4n) is 1.95. The maximum absolute atomic E-state index is 5.92. The topological polar surface area (TPSA) is 38.0 Å². The van der Waals surface area contributed by atoms with Crippen LogP contribution in [0.2, 0.25) is 0 Å². The molecule has 1 atom stereocenters. The van der Waals surface area contributed by atoms with Crippen LogP contribution in [0.15, 0.2) is 28.7 Å². The Balaban J connectivity index is 2.87. The first-order valence-corrected chi connectivity index (χ1v) is 6.69. The summed E-state index contributed by atoms with van der Waals surface area (Å²) < 4.78 is 1.09. The Morgan fingerprint density at radius 1 is 1.31 bits per heavy atom. The molecule has 0 spiro atoms. The third kappa shape index (κ3) is 3.22. The lowest BCUT2D eigenvalue weighted by Crippen LogP contribution is -2.45. The van der Waals surface area contributed by atoms with E-state index in [1.807, 2.05) is 18.2 Å². The molecule has 0 aliphatic heterocycles. The van der Waals surface area contributed by atoms with Crippen molar-refractivity contribution in [2.75, 3.05) is 11.9 Å². The molecule has 0 aromatic heterocycles. The number of hydrogen-bond acceptors (Lipinski definition) is 2. The number of halogens is 1. The average Bonchev–Trinajstić information content (AvgIpc) is 2.31. The minimum atomic E-state index is 0.0264. The van der Waals surface area contributed by atoms with E-state index in [-0.39, 0.29) is 5.54 Å². The van der Waals surface area contributed by atoms with Gasteiger partial charge in [0, 0.05) is 22.2 Å². The van der Waals surface area contributed by atoms with Crippen molar-refractivity contribution in [3.05, 3.63) is 28.7 Å². The molecular formula is C13H21BrN2. The molecule has 0 heterocycles. The van der Waals surface area contributed by atoms with Gasteiger partial charge in [0.05, 0.1) is 0 Å². The van der Waals surface area contributed by atoms with Crippen LogP contribution < -0.4 is 11.1 Å². The molecule has 0 radical (unpaired) electrons. The molecule has 0 bridgehead atoms. The van der Waals surface area contributed by atoms with Crippen LogP contribution in [0.3, 0.4) is 0 Å². The van der Waals surface area contributed by atoms with Crippen LogP contribution in [0.1, 0.15) is 33.1 Å². The summed E-state index contributed by atoms with van der Waals surface area (Å²) in [4.78, 5) is 0. The summed E-state index contributed by atoms with van der Waals surface area (Å²) >= 11 is 3.56. The van der Waals surface area contributed by atoms with E-state index < -0.39 is 0 Å². The Hall–Kier alpha value is -0.540. The van der Waals surface area contributed by atoms with Crippen molar-refractivity contribution >= 4 is 21.6 Å². The maximum Gasteiger partial charge on any atom is 0.0493 e. The first-order valence-electron chi connectivity index (χ1n) is 5.90. The van der Waals surface area contributed by atoms with E-state index in [2.05, 4.69) is 41.2 Å². The van der Waals surface area contributed by atoms with Crippen molar-refractivity contribution < 1.29 is 0 Å². The van der Waals surface area contributed by atoms with Gasteiger partial charge in [-0.3, -0.25) is 0 Å². The molecule has 1 aromatic carbocycles. The number of nitrogens with two attached hydrogens (primary N) is 1. The average molecular weight is 285 g/mol. The largest absolute Gasteiger partial charge is 0.377 e. The van der Waals surface area contributed by atoms with Gasteiger partial charge in [-0.05, 0) is 40.9 Å². The highest BCUT2D eigenvalue weighted by Crippen LogP contribution is 2.28. The molecule has 3 heteroatoms. The van der Waals surface area contributed by atoms with Crippen LogP contribution in [0.25, 0.3) is 0 Å². The van der Waals surface area contributed by atoms with Crippen LogP contribution in [-0.2, 0) is 0 Å². The van der Waals surface area contributed by atoms with Gasteiger partial charge in [0.15, 0.2) is 0 Å². The number of hydrogen-bond donors (Lipinski definition) is 2. The number of para-hydroxylation sites is 1. The van der Waals surface area contributed by atoms with E-state index in [4.69, 9.17) is 5.73 Å². The third-order valence-corrected chi connectivity index (χ3v) is 3.76. The van der Waals surface area contributed by atoms with Crippen molar-refractivity contribution in [2.24, 2.45) is 5.73 Å². The Morgan fingerprint density at radius 2 is 2.00 bits per heavy atom. The molecule has 16 heavy (non-hydrogen) atoms. The number of anilines is 1. The fourth-order valence-corrected chi connectivity index (χ4v) is 2.34. The summed E-state index contributed by atoms with van der Waals surface area (Å²) in [5.74, 6) is 0. The summed E-state index contributed by atoms with van der Waals surface area (Å²) in [6, 6.07) is 8.19. The molecule has 0 aliphatic rings. The lowest BCUT2D eigenvalue weighted by molar-refractivity contribution is 0.421. The molecular weight excluding hydrogens is 264 g/mol. The van der Waals surface area contributed by atoms with Crippen LogP contribution in [-0.4, -0.2) is 12.1 Å². The van der Waals surface area contributed by atoms with Crippen LogP contribution in [0.5, 0.6) is 0 Å². The normalized spacial score (nSPS) is 14.5.